The maximum atomic E-state index is 12.3. The summed E-state index contributed by atoms with van der Waals surface area (Å²) in [4.78, 5) is 24.5. The fraction of sp³-hybridized carbons (Fsp3) is 0.882. The summed E-state index contributed by atoms with van der Waals surface area (Å²) < 4.78 is 11.9. The molecule has 2 saturated heterocycles. The number of ether oxygens (including phenoxy) is 1. The second-order valence-corrected chi connectivity index (χ2v) is 14.1. The van der Waals surface area contributed by atoms with E-state index >= 15 is 0 Å². The molecule has 0 aliphatic carbocycles. The second kappa shape index (κ2) is 7.48. The minimum absolute atomic E-state index is 0.00167. The zero-order valence-electron chi connectivity index (χ0n) is 15.7. The van der Waals surface area contributed by atoms with Crippen molar-refractivity contribution in [2.45, 2.75) is 82.7 Å². The first kappa shape index (κ1) is 19.9. The largest absolute Gasteiger partial charge is 0.413 e. The standard InChI is InChI=1S/C17H31NO4SSi/c1-7-11(22-24(5,6)17(2,3)4)13-14(19)18-15(13)23-16(20)12-9-8-10-21-12/h11-13,15H,7-10H2,1-6H3,(H,18,19)/t11-,12+,13+,15-/m0/s1. The highest BCUT2D eigenvalue weighted by molar-refractivity contribution is 8.14. The zero-order valence-corrected chi connectivity index (χ0v) is 17.5. The number of nitrogens with one attached hydrogen (secondary N) is 1. The number of carbonyl (C=O) groups is 2. The van der Waals surface area contributed by atoms with Crippen LogP contribution < -0.4 is 5.32 Å². The molecule has 7 heteroatoms. The van der Waals surface area contributed by atoms with Crippen LogP contribution in [-0.4, -0.2) is 43.5 Å². The van der Waals surface area contributed by atoms with Gasteiger partial charge in [-0.25, -0.2) is 0 Å². The van der Waals surface area contributed by atoms with E-state index in [2.05, 4.69) is 39.2 Å². The Kier molecular flexibility index (Phi) is 6.21. The summed E-state index contributed by atoms with van der Waals surface area (Å²) in [7, 11) is -1.96. The molecule has 2 fully saturated rings. The average Bonchev–Trinajstić information content (AvgIpc) is 2.98. The van der Waals surface area contributed by atoms with Crippen LogP contribution in [0.5, 0.6) is 0 Å². The predicted molar refractivity (Wildman–Crippen MR) is 99.4 cm³/mol. The van der Waals surface area contributed by atoms with Crippen molar-refractivity contribution in [1.29, 1.82) is 0 Å². The molecule has 2 heterocycles. The van der Waals surface area contributed by atoms with Gasteiger partial charge in [0.05, 0.1) is 17.4 Å². The van der Waals surface area contributed by atoms with Crippen LogP contribution in [-0.2, 0) is 18.8 Å². The van der Waals surface area contributed by atoms with Gasteiger partial charge in [-0.15, -0.1) is 0 Å². The summed E-state index contributed by atoms with van der Waals surface area (Å²) in [5.41, 5.74) is 0. The lowest BCUT2D eigenvalue weighted by atomic mass is 9.93. The Morgan fingerprint density at radius 1 is 1.46 bits per heavy atom. The zero-order chi connectivity index (χ0) is 18.1. The highest BCUT2D eigenvalue weighted by Crippen LogP contribution is 2.41. The molecule has 24 heavy (non-hydrogen) atoms. The van der Waals surface area contributed by atoms with Crippen LogP contribution in [0.15, 0.2) is 0 Å². The second-order valence-electron chi connectivity index (χ2n) is 8.22. The van der Waals surface area contributed by atoms with Crippen LogP contribution in [0.3, 0.4) is 0 Å². The summed E-state index contributed by atoms with van der Waals surface area (Å²) in [6.07, 6.45) is 2.05. The Labute approximate surface area is 150 Å². The van der Waals surface area contributed by atoms with Crippen molar-refractivity contribution in [3.63, 3.8) is 0 Å². The van der Waals surface area contributed by atoms with Crippen LogP contribution in [0, 0.1) is 5.92 Å². The predicted octanol–water partition coefficient (Wildman–Crippen LogP) is 3.30. The number of amides is 1. The van der Waals surface area contributed by atoms with Gasteiger partial charge in [-0.2, -0.15) is 0 Å². The first-order valence-corrected chi connectivity index (χ1v) is 12.7. The Morgan fingerprint density at radius 2 is 2.12 bits per heavy atom. The van der Waals surface area contributed by atoms with E-state index in [1.165, 1.54) is 11.8 Å². The molecule has 1 amide bonds. The maximum Gasteiger partial charge on any atom is 0.229 e. The molecule has 138 valence electrons. The van der Waals surface area contributed by atoms with Gasteiger partial charge in [0.25, 0.3) is 0 Å². The van der Waals surface area contributed by atoms with Gasteiger partial charge in [0.1, 0.15) is 6.10 Å². The number of thioether (sulfide) groups is 1. The van der Waals surface area contributed by atoms with Gasteiger partial charge in [-0.1, -0.05) is 39.5 Å². The molecule has 2 aliphatic heterocycles. The first-order chi connectivity index (χ1) is 11.1. The molecule has 0 bridgehead atoms. The summed E-state index contributed by atoms with van der Waals surface area (Å²) in [5, 5.41) is 2.80. The molecule has 0 aromatic heterocycles. The van der Waals surface area contributed by atoms with E-state index in [0.717, 1.165) is 19.3 Å². The Balaban J connectivity index is 2.01. The number of hydrogen-bond donors (Lipinski definition) is 1. The van der Waals surface area contributed by atoms with Crippen molar-refractivity contribution in [2.75, 3.05) is 6.61 Å². The van der Waals surface area contributed by atoms with E-state index in [4.69, 9.17) is 9.16 Å². The lowest BCUT2D eigenvalue weighted by Gasteiger charge is -2.45. The van der Waals surface area contributed by atoms with E-state index in [1.54, 1.807) is 0 Å². The molecular formula is C17H31NO4SSi. The topological polar surface area (TPSA) is 64.6 Å². The molecular weight excluding hydrogens is 342 g/mol. The third-order valence-electron chi connectivity index (χ3n) is 5.40. The van der Waals surface area contributed by atoms with Crippen LogP contribution in [0.4, 0.5) is 0 Å². The molecule has 0 unspecified atom stereocenters. The van der Waals surface area contributed by atoms with Crippen LogP contribution in [0.1, 0.15) is 47.0 Å². The lowest BCUT2D eigenvalue weighted by Crippen LogP contribution is -2.63. The average molecular weight is 374 g/mol. The van der Waals surface area contributed by atoms with Gasteiger partial charge in [-0.3, -0.25) is 9.59 Å². The van der Waals surface area contributed by atoms with Crippen LogP contribution in [0.2, 0.25) is 18.1 Å². The van der Waals surface area contributed by atoms with Crippen molar-refractivity contribution in [2.24, 2.45) is 5.92 Å². The highest BCUT2D eigenvalue weighted by Gasteiger charge is 2.49. The normalized spacial score (nSPS) is 29.1. The molecule has 0 aromatic carbocycles. The Hall–Kier alpha value is -0.373. The maximum absolute atomic E-state index is 12.3. The molecule has 0 radical (unpaired) electrons. The van der Waals surface area contributed by atoms with Crippen molar-refractivity contribution in [3.8, 4) is 0 Å². The summed E-state index contributed by atoms with van der Waals surface area (Å²) >= 11 is 1.21. The van der Waals surface area contributed by atoms with Crippen LogP contribution >= 0.6 is 11.8 Å². The fourth-order valence-electron chi connectivity index (χ4n) is 2.76. The lowest BCUT2D eigenvalue weighted by molar-refractivity contribution is -0.137. The Morgan fingerprint density at radius 3 is 2.58 bits per heavy atom. The molecule has 4 atom stereocenters. The molecule has 0 spiro atoms. The van der Waals surface area contributed by atoms with Gasteiger partial charge < -0.3 is 14.5 Å². The number of rotatable bonds is 6. The molecule has 2 aliphatic rings. The fourth-order valence-corrected chi connectivity index (χ4v) is 5.40. The van der Waals surface area contributed by atoms with Gasteiger partial charge in [0, 0.05) is 6.61 Å². The van der Waals surface area contributed by atoms with Crippen molar-refractivity contribution >= 4 is 31.1 Å². The molecule has 1 N–H and O–H groups in total. The summed E-state index contributed by atoms with van der Waals surface area (Å²) in [6, 6.07) is 0. The summed E-state index contributed by atoms with van der Waals surface area (Å²) in [5.74, 6) is -0.252. The monoisotopic (exact) mass is 373 g/mol. The van der Waals surface area contributed by atoms with Gasteiger partial charge in [-0.05, 0) is 37.4 Å². The van der Waals surface area contributed by atoms with Gasteiger partial charge >= 0.3 is 0 Å². The van der Waals surface area contributed by atoms with Crippen LogP contribution in [0.25, 0.3) is 0 Å². The first-order valence-electron chi connectivity index (χ1n) is 8.87. The highest BCUT2D eigenvalue weighted by atomic mass is 32.2. The van der Waals surface area contributed by atoms with Crippen molar-refractivity contribution in [1.82, 2.24) is 5.32 Å². The van der Waals surface area contributed by atoms with E-state index < -0.39 is 8.32 Å². The van der Waals surface area contributed by atoms with Crippen molar-refractivity contribution in [3.05, 3.63) is 0 Å². The van der Waals surface area contributed by atoms with E-state index in [9.17, 15) is 9.59 Å². The van der Waals surface area contributed by atoms with E-state index in [0.29, 0.717) is 6.61 Å². The molecule has 0 saturated carbocycles. The smallest absolute Gasteiger partial charge is 0.229 e. The molecule has 2 rings (SSSR count). The van der Waals surface area contributed by atoms with E-state index in [1.807, 2.05) is 6.92 Å². The van der Waals surface area contributed by atoms with E-state index in [-0.39, 0.29) is 39.6 Å². The number of hydrogen-bond acceptors (Lipinski definition) is 5. The molecule has 0 aromatic rings. The third kappa shape index (κ3) is 4.23. The summed E-state index contributed by atoms with van der Waals surface area (Å²) in [6.45, 7) is 13.7. The van der Waals surface area contributed by atoms with Gasteiger partial charge in [0.15, 0.2) is 8.32 Å². The van der Waals surface area contributed by atoms with Gasteiger partial charge in [0.2, 0.25) is 11.0 Å². The Bertz CT molecular complexity index is 485. The molecule has 5 nitrogen and oxygen atoms in total. The number of β-lactam (4-membered cyclic amide) rings is 1. The van der Waals surface area contributed by atoms with Crippen molar-refractivity contribution < 1.29 is 18.8 Å². The number of carbonyl (C=O) groups excluding carboxylic acids is 2. The third-order valence-corrected chi connectivity index (χ3v) is 11.1. The minimum atomic E-state index is -1.96. The minimum Gasteiger partial charge on any atom is -0.413 e. The SMILES string of the molecule is CC[C@H](O[Si](C)(C)C(C)(C)C)[C@@H]1C(=O)N[C@H]1SC(=O)[C@H]1CCCO1. The quantitative estimate of drug-likeness (QED) is 0.572.